The zero-order valence-electron chi connectivity index (χ0n) is 9.99. The predicted molar refractivity (Wildman–Crippen MR) is 69.6 cm³/mol. The third-order valence-electron chi connectivity index (χ3n) is 2.46. The van der Waals surface area contributed by atoms with Gasteiger partial charge in [-0.05, 0) is 31.5 Å². The van der Waals surface area contributed by atoms with Crippen molar-refractivity contribution in [3.05, 3.63) is 23.8 Å². The largest absolute Gasteiger partial charge is 0.399 e. The lowest BCUT2D eigenvalue weighted by molar-refractivity contribution is -0.126. The van der Waals surface area contributed by atoms with Crippen LogP contribution in [0.25, 0.3) is 0 Å². The average Bonchev–Trinajstić information content (AvgIpc) is 2.28. The van der Waals surface area contributed by atoms with Gasteiger partial charge in [0, 0.05) is 24.2 Å². The molecule has 0 unspecified atom stereocenters. The van der Waals surface area contributed by atoms with E-state index < -0.39 is 0 Å². The first-order valence-electron chi connectivity index (χ1n) is 5.27. The summed E-state index contributed by atoms with van der Waals surface area (Å²) in [6, 6.07) is 5.77. The van der Waals surface area contributed by atoms with Crippen LogP contribution >= 0.6 is 11.8 Å². The molecule has 1 amide bonds. The Morgan fingerprint density at radius 2 is 2.19 bits per heavy atom. The van der Waals surface area contributed by atoms with E-state index in [1.54, 1.807) is 16.7 Å². The Bertz CT molecular complexity index is 379. The number of benzene rings is 1. The normalized spacial score (nSPS) is 10.2. The lowest BCUT2D eigenvalue weighted by atomic mass is 10.2. The van der Waals surface area contributed by atoms with Gasteiger partial charge < -0.3 is 10.6 Å². The summed E-state index contributed by atoms with van der Waals surface area (Å²) in [7, 11) is 1.81. The number of amides is 1. The van der Waals surface area contributed by atoms with E-state index in [2.05, 4.69) is 0 Å². The van der Waals surface area contributed by atoms with Crippen molar-refractivity contribution in [3.63, 3.8) is 0 Å². The Hall–Kier alpha value is -1.16. The topological polar surface area (TPSA) is 46.3 Å². The highest BCUT2D eigenvalue weighted by molar-refractivity contribution is 8.00. The van der Waals surface area contributed by atoms with Crippen molar-refractivity contribution in [2.45, 2.75) is 18.7 Å². The summed E-state index contributed by atoms with van der Waals surface area (Å²) in [5.74, 6) is 0.614. The quantitative estimate of drug-likeness (QED) is 0.646. The Morgan fingerprint density at radius 3 is 2.81 bits per heavy atom. The fraction of sp³-hybridized carbons (Fsp3) is 0.417. The Morgan fingerprint density at radius 1 is 1.50 bits per heavy atom. The highest BCUT2D eigenvalue weighted by Gasteiger charge is 2.08. The molecule has 4 heteroatoms. The van der Waals surface area contributed by atoms with E-state index in [1.807, 2.05) is 39.1 Å². The van der Waals surface area contributed by atoms with Gasteiger partial charge in [-0.2, -0.15) is 0 Å². The number of carbonyl (C=O) groups excluding carboxylic acids is 1. The van der Waals surface area contributed by atoms with Crippen molar-refractivity contribution in [2.24, 2.45) is 0 Å². The molecule has 0 spiro atoms. The van der Waals surface area contributed by atoms with E-state index in [0.717, 1.165) is 22.7 Å². The second kappa shape index (κ2) is 5.80. The van der Waals surface area contributed by atoms with Crippen LogP contribution in [0.4, 0.5) is 5.69 Å². The van der Waals surface area contributed by atoms with Gasteiger partial charge in [0.1, 0.15) is 0 Å². The highest BCUT2D eigenvalue weighted by Crippen LogP contribution is 2.24. The number of hydrogen-bond donors (Lipinski definition) is 1. The van der Waals surface area contributed by atoms with Gasteiger partial charge in [0.2, 0.25) is 5.91 Å². The van der Waals surface area contributed by atoms with Crippen molar-refractivity contribution < 1.29 is 4.79 Å². The summed E-state index contributed by atoms with van der Waals surface area (Å²) in [4.78, 5) is 14.4. The van der Waals surface area contributed by atoms with Crippen LogP contribution in [-0.4, -0.2) is 30.2 Å². The minimum atomic E-state index is 0.148. The van der Waals surface area contributed by atoms with Crippen molar-refractivity contribution in [3.8, 4) is 0 Å². The van der Waals surface area contributed by atoms with Crippen LogP contribution in [0, 0.1) is 6.92 Å². The monoisotopic (exact) mass is 238 g/mol. The van der Waals surface area contributed by atoms with Gasteiger partial charge in [-0.25, -0.2) is 0 Å². The molecular formula is C12H18N2OS. The number of thioether (sulfide) groups is 1. The molecule has 16 heavy (non-hydrogen) atoms. The predicted octanol–water partition coefficient (Wildman–Crippen LogP) is 2.15. The Kier molecular flexibility index (Phi) is 4.68. The number of nitrogen functional groups attached to an aromatic ring is 1. The van der Waals surface area contributed by atoms with E-state index in [-0.39, 0.29) is 5.91 Å². The van der Waals surface area contributed by atoms with Crippen molar-refractivity contribution in [1.82, 2.24) is 4.90 Å². The fourth-order valence-electron chi connectivity index (χ4n) is 1.20. The van der Waals surface area contributed by atoms with Gasteiger partial charge in [0.25, 0.3) is 0 Å². The molecule has 0 aromatic heterocycles. The van der Waals surface area contributed by atoms with Gasteiger partial charge in [-0.15, -0.1) is 11.8 Å². The molecule has 2 N–H and O–H groups in total. The standard InChI is InChI=1S/C12H18N2OS/c1-4-14(3)12(15)8-16-11-7-10(13)6-5-9(11)2/h5-7H,4,8,13H2,1-3H3. The molecule has 0 aliphatic heterocycles. The maximum atomic E-state index is 11.6. The highest BCUT2D eigenvalue weighted by atomic mass is 32.2. The molecule has 0 bridgehead atoms. The first-order valence-corrected chi connectivity index (χ1v) is 6.26. The van der Waals surface area contributed by atoms with Crippen LogP contribution in [-0.2, 0) is 4.79 Å². The average molecular weight is 238 g/mol. The van der Waals surface area contributed by atoms with Crippen LogP contribution in [0.2, 0.25) is 0 Å². The van der Waals surface area contributed by atoms with Gasteiger partial charge >= 0.3 is 0 Å². The molecule has 0 saturated heterocycles. The first-order chi connectivity index (χ1) is 7.54. The molecule has 1 rings (SSSR count). The molecular weight excluding hydrogens is 220 g/mol. The summed E-state index contributed by atoms with van der Waals surface area (Å²) in [6.07, 6.45) is 0. The summed E-state index contributed by atoms with van der Waals surface area (Å²) < 4.78 is 0. The molecule has 1 aromatic carbocycles. The number of hydrogen-bond acceptors (Lipinski definition) is 3. The minimum Gasteiger partial charge on any atom is -0.399 e. The zero-order chi connectivity index (χ0) is 12.1. The molecule has 0 saturated carbocycles. The van der Waals surface area contributed by atoms with E-state index >= 15 is 0 Å². The van der Waals surface area contributed by atoms with Crippen LogP contribution in [0.15, 0.2) is 23.1 Å². The summed E-state index contributed by atoms with van der Waals surface area (Å²) >= 11 is 1.54. The second-order valence-corrected chi connectivity index (χ2v) is 4.74. The van der Waals surface area contributed by atoms with E-state index in [1.165, 1.54) is 0 Å². The molecule has 0 aliphatic rings. The zero-order valence-corrected chi connectivity index (χ0v) is 10.8. The molecule has 1 aromatic rings. The van der Waals surface area contributed by atoms with Gasteiger partial charge in [0.15, 0.2) is 0 Å². The molecule has 88 valence electrons. The van der Waals surface area contributed by atoms with Gasteiger partial charge in [0.05, 0.1) is 5.75 Å². The van der Waals surface area contributed by atoms with Gasteiger partial charge in [-0.1, -0.05) is 6.07 Å². The van der Waals surface area contributed by atoms with E-state index in [4.69, 9.17) is 5.73 Å². The Balaban J connectivity index is 2.61. The van der Waals surface area contributed by atoms with Gasteiger partial charge in [-0.3, -0.25) is 4.79 Å². The van der Waals surface area contributed by atoms with E-state index in [0.29, 0.717) is 5.75 Å². The molecule has 0 heterocycles. The summed E-state index contributed by atoms with van der Waals surface area (Å²) in [5, 5.41) is 0. The third-order valence-corrected chi connectivity index (χ3v) is 3.61. The maximum absolute atomic E-state index is 11.6. The van der Waals surface area contributed by atoms with Crippen molar-refractivity contribution in [2.75, 3.05) is 25.1 Å². The molecule has 0 radical (unpaired) electrons. The Labute approximate surface area is 101 Å². The molecule has 0 atom stereocenters. The molecule has 0 fully saturated rings. The third kappa shape index (κ3) is 3.45. The molecule has 0 aliphatic carbocycles. The minimum absolute atomic E-state index is 0.148. The number of nitrogens with zero attached hydrogens (tertiary/aromatic N) is 1. The number of carbonyl (C=O) groups is 1. The van der Waals surface area contributed by atoms with Crippen LogP contribution in [0.1, 0.15) is 12.5 Å². The summed E-state index contributed by atoms with van der Waals surface area (Å²) in [5.41, 5.74) is 7.61. The second-order valence-electron chi connectivity index (χ2n) is 3.72. The number of aryl methyl sites for hydroxylation is 1. The molecule has 3 nitrogen and oxygen atoms in total. The van der Waals surface area contributed by atoms with E-state index in [9.17, 15) is 4.79 Å². The van der Waals surface area contributed by atoms with Crippen molar-refractivity contribution in [1.29, 1.82) is 0 Å². The number of anilines is 1. The lowest BCUT2D eigenvalue weighted by Gasteiger charge is -2.14. The SMILES string of the molecule is CCN(C)C(=O)CSc1cc(N)ccc1C. The van der Waals surface area contributed by atoms with Crippen molar-refractivity contribution >= 4 is 23.4 Å². The maximum Gasteiger partial charge on any atom is 0.232 e. The van der Waals surface area contributed by atoms with Crippen LogP contribution in [0.3, 0.4) is 0 Å². The smallest absolute Gasteiger partial charge is 0.232 e. The fourth-order valence-corrected chi connectivity index (χ4v) is 2.21. The number of rotatable bonds is 4. The number of nitrogens with two attached hydrogens (primary N) is 1. The summed E-state index contributed by atoms with van der Waals surface area (Å²) in [6.45, 7) is 4.74. The van der Waals surface area contributed by atoms with Crippen LogP contribution < -0.4 is 5.73 Å². The first kappa shape index (κ1) is 12.9. The van der Waals surface area contributed by atoms with Crippen LogP contribution in [0.5, 0.6) is 0 Å². The lowest BCUT2D eigenvalue weighted by Crippen LogP contribution is -2.27.